The number of hydrogen-bond acceptors (Lipinski definition) is 3. The molecule has 2 aromatic rings. The van der Waals surface area contributed by atoms with Crippen molar-refractivity contribution in [1.82, 2.24) is 14.7 Å². The number of aryl methyl sites for hydroxylation is 1. The fourth-order valence-corrected chi connectivity index (χ4v) is 2.49. The molecule has 0 aliphatic carbocycles. The number of amides is 1. The lowest BCUT2D eigenvalue weighted by atomic mass is 10.1. The molecular formula is C18H25N3O2. The van der Waals surface area contributed by atoms with Gasteiger partial charge in [0.15, 0.2) is 0 Å². The van der Waals surface area contributed by atoms with Gasteiger partial charge < -0.3 is 9.64 Å². The van der Waals surface area contributed by atoms with Crippen LogP contribution >= 0.6 is 0 Å². The minimum atomic E-state index is -0.0304. The van der Waals surface area contributed by atoms with Crippen molar-refractivity contribution in [3.63, 3.8) is 0 Å². The Kier molecular flexibility index (Phi) is 5.42. The lowest BCUT2D eigenvalue weighted by Crippen LogP contribution is -2.28. The number of methoxy groups -OCH3 is 1. The third-order valence-electron chi connectivity index (χ3n) is 3.86. The summed E-state index contributed by atoms with van der Waals surface area (Å²) in [5.74, 6) is 1.06. The number of carbonyl (C=O) groups is 1. The number of ether oxygens (including phenoxy) is 1. The molecule has 1 heterocycles. The minimum Gasteiger partial charge on any atom is -0.496 e. The van der Waals surface area contributed by atoms with Crippen molar-refractivity contribution in [3.8, 4) is 5.75 Å². The number of rotatable bonds is 6. The number of hydrogen-bond donors (Lipinski definition) is 0. The van der Waals surface area contributed by atoms with Crippen molar-refractivity contribution >= 4 is 5.91 Å². The van der Waals surface area contributed by atoms with Crippen LogP contribution in [0.5, 0.6) is 5.75 Å². The summed E-state index contributed by atoms with van der Waals surface area (Å²) in [7, 11) is 3.44. The van der Waals surface area contributed by atoms with Crippen LogP contribution < -0.4 is 4.74 Å². The highest BCUT2D eigenvalue weighted by atomic mass is 16.5. The first-order valence-electron chi connectivity index (χ1n) is 7.93. The number of para-hydroxylation sites is 1. The van der Waals surface area contributed by atoms with E-state index in [0.29, 0.717) is 24.7 Å². The van der Waals surface area contributed by atoms with Crippen LogP contribution in [0.3, 0.4) is 0 Å². The molecule has 5 heteroatoms. The van der Waals surface area contributed by atoms with Gasteiger partial charge in [-0.1, -0.05) is 32.0 Å². The summed E-state index contributed by atoms with van der Waals surface area (Å²) in [5.41, 5.74) is 2.56. The van der Waals surface area contributed by atoms with E-state index in [-0.39, 0.29) is 5.91 Å². The molecule has 0 aliphatic rings. The van der Waals surface area contributed by atoms with Gasteiger partial charge in [-0.05, 0) is 25.0 Å². The molecule has 0 N–H and O–H groups in total. The first-order chi connectivity index (χ1) is 11.0. The number of aromatic nitrogens is 2. The maximum Gasteiger partial charge on any atom is 0.272 e. The highest BCUT2D eigenvalue weighted by molar-refractivity contribution is 5.92. The first-order valence-corrected chi connectivity index (χ1v) is 7.93. The quantitative estimate of drug-likeness (QED) is 0.821. The lowest BCUT2D eigenvalue weighted by molar-refractivity contribution is 0.0772. The Labute approximate surface area is 137 Å². The zero-order chi connectivity index (χ0) is 17.0. The zero-order valence-electron chi connectivity index (χ0n) is 14.5. The van der Waals surface area contributed by atoms with Crippen molar-refractivity contribution in [2.75, 3.05) is 14.2 Å². The first kappa shape index (κ1) is 17.1. The van der Waals surface area contributed by atoms with Gasteiger partial charge in [0.05, 0.1) is 12.8 Å². The Balaban J connectivity index is 2.23. The molecule has 124 valence electrons. The number of carbonyl (C=O) groups excluding carboxylic acids is 1. The molecule has 0 fully saturated rings. The van der Waals surface area contributed by atoms with Crippen LogP contribution in [0.25, 0.3) is 0 Å². The van der Waals surface area contributed by atoms with Gasteiger partial charge in [0, 0.05) is 25.7 Å². The van der Waals surface area contributed by atoms with Crippen LogP contribution in [-0.2, 0) is 13.1 Å². The van der Waals surface area contributed by atoms with Crippen molar-refractivity contribution < 1.29 is 9.53 Å². The second-order valence-corrected chi connectivity index (χ2v) is 5.90. The van der Waals surface area contributed by atoms with Gasteiger partial charge in [0.1, 0.15) is 11.4 Å². The summed E-state index contributed by atoms with van der Waals surface area (Å²) >= 11 is 0. The van der Waals surface area contributed by atoms with E-state index in [1.165, 1.54) is 0 Å². The standard InChI is InChI=1S/C18H25N3O2/c1-6-21-16(11-15(19-21)13(2)3)18(22)20(4)12-14-9-7-8-10-17(14)23-5/h7-11,13H,6,12H2,1-5H3. The molecule has 2 rings (SSSR count). The molecule has 0 radical (unpaired) electrons. The fraction of sp³-hybridized carbons (Fsp3) is 0.444. The SMILES string of the molecule is CCn1nc(C(C)C)cc1C(=O)N(C)Cc1ccccc1OC. The summed E-state index contributed by atoms with van der Waals surface area (Å²) in [4.78, 5) is 14.5. The summed E-state index contributed by atoms with van der Waals surface area (Å²) < 4.78 is 7.13. The average Bonchev–Trinajstić information content (AvgIpc) is 2.99. The number of nitrogens with zero attached hydrogens (tertiary/aromatic N) is 3. The van der Waals surface area contributed by atoms with Crippen molar-refractivity contribution in [3.05, 3.63) is 47.3 Å². The predicted molar refractivity (Wildman–Crippen MR) is 90.8 cm³/mol. The van der Waals surface area contributed by atoms with Crippen molar-refractivity contribution in [2.24, 2.45) is 0 Å². The molecule has 0 saturated carbocycles. The molecule has 0 saturated heterocycles. The molecule has 5 nitrogen and oxygen atoms in total. The normalized spacial score (nSPS) is 10.9. The van der Waals surface area contributed by atoms with Crippen LogP contribution in [-0.4, -0.2) is 34.7 Å². The molecule has 0 spiro atoms. The highest BCUT2D eigenvalue weighted by Crippen LogP contribution is 2.21. The van der Waals surface area contributed by atoms with E-state index in [4.69, 9.17) is 4.74 Å². The Morgan fingerprint density at radius 2 is 2.04 bits per heavy atom. The molecule has 1 aromatic carbocycles. The van der Waals surface area contributed by atoms with Crippen LogP contribution in [0.15, 0.2) is 30.3 Å². The second kappa shape index (κ2) is 7.31. The highest BCUT2D eigenvalue weighted by Gasteiger charge is 2.20. The van der Waals surface area contributed by atoms with E-state index < -0.39 is 0 Å². The van der Waals surface area contributed by atoms with E-state index in [9.17, 15) is 4.79 Å². The molecule has 0 atom stereocenters. The fourth-order valence-electron chi connectivity index (χ4n) is 2.49. The second-order valence-electron chi connectivity index (χ2n) is 5.90. The van der Waals surface area contributed by atoms with Crippen LogP contribution in [0, 0.1) is 0 Å². The van der Waals surface area contributed by atoms with Crippen molar-refractivity contribution in [2.45, 2.75) is 39.8 Å². The maximum atomic E-state index is 12.8. The Bertz CT molecular complexity index is 677. The summed E-state index contributed by atoms with van der Waals surface area (Å²) in [6, 6.07) is 9.64. The van der Waals surface area contributed by atoms with Gasteiger partial charge in [-0.3, -0.25) is 9.48 Å². The maximum absolute atomic E-state index is 12.8. The number of benzene rings is 1. The summed E-state index contributed by atoms with van der Waals surface area (Å²) in [6.45, 7) is 7.32. The van der Waals surface area contributed by atoms with Crippen LogP contribution in [0.1, 0.15) is 48.4 Å². The molecule has 23 heavy (non-hydrogen) atoms. The van der Waals surface area contributed by atoms with E-state index >= 15 is 0 Å². The van der Waals surface area contributed by atoms with Crippen LogP contribution in [0.2, 0.25) is 0 Å². The Morgan fingerprint density at radius 3 is 2.65 bits per heavy atom. The molecule has 0 unspecified atom stereocenters. The Hall–Kier alpha value is -2.30. The molecular weight excluding hydrogens is 290 g/mol. The van der Waals surface area contributed by atoms with E-state index in [1.807, 2.05) is 37.3 Å². The summed E-state index contributed by atoms with van der Waals surface area (Å²) in [5, 5.41) is 4.52. The van der Waals surface area contributed by atoms with Gasteiger partial charge in [0.25, 0.3) is 5.91 Å². The van der Waals surface area contributed by atoms with Gasteiger partial charge in [-0.15, -0.1) is 0 Å². The van der Waals surface area contributed by atoms with Gasteiger partial charge in [-0.25, -0.2) is 0 Å². The molecule has 0 aliphatic heterocycles. The van der Waals surface area contributed by atoms with Gasteiger partial charge >= 0.3 is 0 Å². The van der Waals surface area contributed by atoms with Crippen molar-refractivity contribution in [1.29, 1.82) is 0 Å². The van der Waals surface area contributed by atoms with Gasteiger partial charge in [0.2, 0.25) is 0 Å². The summed E-state index contributed by atoms with van der Waals surface area (Å²) in [6.07, 6.45) is 0. The monoisotopic (exact) mass is 315 g/mol. The lowest BCUT2D eigenvalue weighted by Gasteiger charge is -2.19. The van der Waals surface area contributed by atoms with Gasteiger partial charge in [-0.2, -0.15) is 5.10 Å². The smallest absolute Gasteiger partial charge is 0.272 e. The molecule has 1 amide bonds. The van der Waals surface area contributed by atoms with E-state index in [0.717, 1.165) is 17.0 Å². The predicted octanol–water partition coefficient (Wildman–Crippen LogP) is 3.31. The zero-order valence-corrected chi connectivity index (χ0v) is 14.5. The topological polar surface area (TPSA) is 47.4 Å². The Morgan fingerprint density at radius 1 is 1.35 bits per heavy atom. The van der Waals surface area contributed by atoms with E-state index in [2.05, 4.69) is 18.9 Å². The average molecular weight is 315 g/mol. The third kappa shape index (κ3) is 3.73. The van der Waals surface area contributed by atoms with E-state index in [1.54, 1.807) is 23.7 Å². The minimum absolute atomic E-state index is 0.0304. The molecule has 1 aromatic heterocycles. The van der Waals surface area contributed by atoms with Crippen LogP contribution in [0.4, 0.5) is 0 Å². The largest absolute Gasteiger partial charge is 0.496 e. The molecule has 0 bridgehead atoms. The third-order valence-corrected chi connectivity index (χ3v) is 3.86.